The molecule has 1 aliphatic carbocycles. The SMILES string of the molecule is CN1CC(C)([C@]2(C)C[C@H](C(=O)Nc3cnc(OC(F)(F)F)c(C#N)c3)c3cnc4cc(F)nn4c32)C=N1. The number of pyridine rings is 1. The Labute approximate surface area is 207 Å². The zero-order chi connectivity index (χ0) is 26.8. The van der Waals surface area contributed by atoms with Crippen LogP contribution in [0.1, 0.15) is 43.0 Å². The number of anilines is 1. The van der Waals surface area contributed by atoms with Crippen LogP contribution in [0.15, 0.2) is 29.6 Å². The van der Waals surface area contributed by atoms with Gasteiger partial charge in [0, 0.05) is 48.5 Å². The van der Waals surface area contributed by atoms with Gasteiger partial charge in [-0.3, -0.25) is 9.80 Å². The first-order valence-electron chi connectivity index (χ1n) is 11.1. The maximum absolute atomic E-state index is 14.1. The molecule has 0 radical (unpaired) electrons. The maximum Gasteiger partial charge on any atom is 0.574 e. The molecule has 1 unspecified atom stereocenters. The van der Waals surface area contributed by atoms with E-state index >= 15 is 0 Å². The van der Waals surface area contributed by atoms with Crippen LogP contribution in [0, 0.1) is 22.7 Å². The van der Waals surface area contributed by atoms with Crippen LogP contribution in [0.3, 0.4) is 0 Å². The molecule has 1 N–H and O–H groups in total. The second kappa shape index (κ2) is 8.12. The molecule has 0 saturated heterocycles. The van der Waals surface area contributed by atoms with Crippen LogP contribution in [0.25, 0.3) is 5.65 Å². The number of halogens is 4. The fourth-order valence-electron chi connectivity index (χ4n) is 5.20. The number of nitriles is 1. The number of amides is 1. The Morgan fingerprint density at radius 2 is 2.03 bits per heavy atom. The Balaban J connectivity index is 1.53. The first kappa shape index (κ1) is 24.4. The van der Waals surface area contributed by atoms with Gasteiger partial charge in [-0.05, 0) is 12.5 Å². The standard InChI is InChI=1S/C23H20F4N8O2/c1-21(10-31-34(3)11-21)22(2)6-14(15-9-29-17-5-16(24)33-35(17)18(15)22)19(36)32-13-4-12(7-28)20(30-8-13)37-23(25,26)27/h4-5,8-10,14H,6,11H2,1-3H3,(H,32,36)/t14-,21?,22+/m0/s1. The van der Waals surface area contributed by atoms with Crippen molar-refractivity contribution in [1.29, 1.82) is 5.26 Å². The average molecular weight is 516 g/mol. The van der Waals surface area contributed by atoms with Crippen molar-refractivity contribution in [1.82, 2.24) is 24.6 Å². The van der Waals surface area contributed by atoms with Crippen LogP contribution in [0.2, 0.25) is 0 Å². The van der Waals surface area contributed by atoms with Gasteiger partial charge in [0.05, 0.1) is 23.5 Å². The third kappa shape index (κ3) is 4.00. The van der Waals surface area contributed by atoms with E-state index in [0.29, 0.717) is 29.9 Å². The van der Waals surface area contributed by atoms with Gasteiger partial charge in [-0.25, -0.2) is 14.5 Å². The number of hydrazone groups is 1. The van der Waals surface area contributed by atoms with E-state index in [4.69, 9.17) is 0 Å². The minimum absolute atomic E-state index is 0.0128. The third-order valence-electron chi connectivity index (χ3n) is 7.12. The molecule has 0 bridgehead atoms. The minimum Gasteiger partial charge on any atom is -0.386 e. The van der Waals surface area contributed by atoms with E-state index in [2.05, 4.69) is 30.2 Å². The molecule has 1 amide bonds. The molecule has 3 aromatic heterocycles. The predicted octanol–water partition coefficient (Wildman–Crippen LogP) is 3.35. The number of nitrogens with one attached hydrogen (secondary N) is 1. The summed E-state index contributed by atoms with van der Waals surface area (Å²) in [7, 11) is 1.83. The van der Waals surface area contributed by atoms with Crippen LogP contribution in [-0.4, -0.2) is 56.7 Å². The number of ether oxygens (including phenoxy) is 1. The Hall–Kier alpha value is -4.28. The van der Waals surface area contributed by atoms with Gasteiger partial charge in [-0.15, -0.1) is 18.3 Å². The second-order valence-corrected chi connectivity index (χ2v) is 9.59. The number of aromatic nitrogens is 4. The van der Waals surface area contributed by atoms with Gasteiger partial charge in [0.25, 0.3) is 0 Å². The highest BCUT2D eigenvalue weighted by molar-refractivity contribution is 5.97. The van der Waals surface area contributed by atoms with Crippen LogP contribution in [0.4, 0.5) is 23.2 Å². The number of hydrogen-bond acceptors (Lipinski definition) is 8. The van der Waals surface area contributed by atoms with Crippen molar-refractivity contribution in [2.45, 2.75) is 38.0 Å². The number of nitrogens with zero attached hydrogens (tertiary/aromatic N) is 7. The molecule has 192 valence electrons. The summed E-state index contributed by atoms with van der Waals surface area (Å²) in [4.78, 5) is 21.3. The van der Waals surface area contributed by atoms with Crippen LogP contribution < -0.4 is 10.1 Å². The van der Waals surface area contributed by atoms with Crippen molar-refractivity contribution in [3.05, 3.63) is 47.3 Å². The normalized spacial score (nSPS) is 24.8. The predicted molar refractivity (Wildman–Crippen MR) is 121 cm³/mol. The summed E-state index contributed by atoms with van der Waals surface area (Å²) in [5.74, 6) is -2.90. The van der Waals surface area contributed by atoms with Crippen molar-refractivity contribution in [2.75, 3.05) is 18.9 Å². The van der Waals surface area contributed by atoms with Gasteiger partial charge >= 0.3 is 6.36 Å². The van der Waals surface area contributed by atoms with Crippen LogP contribution in [0.5, 0.6) is 5.88 Å². The Morgan fingerprint density at radius 1 is 1.27 bits per heavy atom. The molecule has 5 rings (SSSR count). The fourth-order valence-corrected chi connectivity index (χ4v) is 5.20. The summed E-state index contributed by atoms with van der Waals surface area (Å²) >= 11 is 0. The van der Waals surface area contributed by atoms with E-state index in [1.807, 2.05) is 27.1 Å². The van der Waals surface area contributed by atoms with Crippen molar-refractivity contribution < 1.29 is 27.1 Å². The van der Waals surface area contributed by atoms with Gasteiger partial charge in [0.1, 0.15) is 11.6 Å². The fraction of sp³-hybridized carbons (Fsp3) is 0.391. The first-order valence-corrected chi connectivity index (χ1v) is 11.1. The molecule has 0 fully saturated rings. The van der Waals surface area contributed by atoms with E-state index < -0.39 is 46.4 Å². The average Bonchev–Trinajstić information content (AvgIpc) is 3.47. The molecule has 3 atom stereocenters. The molecular formula is C23H20F4N8O2. The monoisotopic (exact) mass is 516 g/mol. The first-order chi connectivity index (χ1) is 17.3. The highest BCUT2D eigenvalue weighted by Crippen LogP contribution is 2.55. The molecule has 1 aliphatic heterocycles. The number of carbonyl (C=O) groups is 1. The van der Waals surface area contributed by atoms with Gasteiger partial charge < -0.3 is 10.1 Å². The summed E-state index contributed by atoms with van der Waals surface area (Å²) in [5, 5.41) is 22.0. The molecular weight excluding hydrogens is 496 g/mol. The molecule has 4 heterocycles. The minimum atomic E-state index is -5.03. The number of alkyl halides is 3. The zero-order valence-electron chi connectivity index (χ0n) is 19.8. The van der Waals surface area contributed by atoms with E-state index in [9.17, 15) is 27.6 Å². The molecule has 0 spiro atoms. The molecule has 14 heteroatoms. The van der Waals surface area contributed by atoms with Crippen molar-refractivity contribution in [2.24, 2.45) is 10.5 Å². The van der Waals surface area contributed by atoms with Gasteiger partial charge in [0.15, 0.2) is 5.65 Å². The molecule has 0 saturated carbocycles. The molecule has 10 nitrogen and oxygen atoms in total. The van der Waals surface area contributed by atoms with Crippen molar-refractivity contribution in [3.8, 4) is 11.9 Å². The summed E-state index contributed by atoms with van der Waals surface area (Å²) in [6.45, 7) is 4.50. The highest BCUT2D eigenvalue weighted by Gasteiger charge is 2.56. The number of carbonyl (C=O) groups excluding carboxylic acids is 1. The van der Waals surface area contributed by atoms with E-state index in [1.165, 1.54) is 16.8 Å². The van der Waals surface area contributed by atoms with Crippen molar-refractivity contribution >= 4 is 23.5 Å². The topological polar surface area (TPSA) is 121 Å². The van der Waals surface area contributed by atoms with Crippen LogP contribution >= 0.6 is 0 Å². The largest absolute Gasteiger partial charge is 0.574 e. The maximum atomic E-state index is 14.1. The lowest BCUT2D eigenvalue weighted by atomic mass is 9.64. The number of hydrogen-bond donors (Lipinski definition) is 1. The third-order valence-corrected chi connectivity index (χ3v) is 7.12. The quantitative estimate of drug-likeness (QED) is 0.528. The highest BCUT2D eigenvalue weighted by atomic mass is 19.4. The van der Waals surface area contributed by atoms with Gasteiger partial charge in [-0.2, -0.15) is 14.8 Å². The van der Waals surface area contributed by atoms with E-state index in [-0.39, 0.29) is 5.69 Å². The number of fused-ring (bicyclic) bond motifs is 3. The second-order valence-electron chi connectivity index (χ2n) is 9.59. The Morgan fingerprint density at radius 3 is 2.68 bits per heavy atom. The van der Waals surface area contributed by atoms with Gasteiger partial charge in [-0.1, -0.05) is 13.8 Å². The lowest BCUT2D eigenvalue weighted by Gasteiger charge is -2.40. The summed E-state index contributed by atoms with van der Waals surface area (Å²) < 4.78 is 57.1. The smallest absolute Gasteiger partial charge is 0.386 e. The van der Waals surface area contributed by atoms with E-state index in [0.717, 1.165) is 12.3 Å². The van der Waals surface area contributed by atoms with Gasteiger partial charge in [0.2, 0.25) is 17.7 Å². The summed E-state index contributed by atoms with van der Waals surface area (Å²) in [6, 6.07) is 3.83. The van der Waals surface area contributed by atoms with Crippen LogP contribution in [-0.2, 0) is 10.2 Å². The summed E-state index contributed by atoms with van der Waals surface area (Å²) in [5.41, 5.74) is -0.314. The lowest BCUT2D eigenvalue weighted by molar-refractivity contribution is -0.276. The Bertz CT molecular complexity index is 1500. The zero-order valence-corrected chi connectivity index (χ0v) is 19.8. The summed E-state index contributed by atoms with van der Waals surface area (Å²) in [6.07, 6.45) is -0.440. The number of rotatable bonds is 4. The van der Waals surface area contributed by atoms with Crippen molar-refractivity contribution in [3.63, 3.8) is 0 Å². The Kier molecular flexibility index (Phi) is 5.36. The molecule has 3 aromatic rings. The lowest BCUT2D eigenvalue weighted by Crippen LogP contribution is -2.45. The van der Waals surface area contributed by atoms with E-state index in [1.54, 1.807) is 11.1 Å². The molecule has 0 aromatic carbocycles. The molecule has 2 aliphatic rings. The molecule has 37 heavy (non-hydrogen) atoms.